The first kappa shape index (κ1) is 14.5. The van der Waals surface area contributed by atoms with Crippen molar-refractivity contribution in [3.63, 3.8) is 0 Å². The molecule has 1 saturated carbocycles. The zero-order valence-electron chi connectivity index (χ0n) is 11.7. The Morgan fingerprint density at radius 2 is 2.00 bits per heavy atom. The van der Waals surface area contributed by atoms with Gasteiger partial charge in [-0.15, -0.1) is 0 Å². The summed E-state index contributed by atoms with van der Waals surface area (Å²) in [5.41, 5.74) is -0.506. The molecule has 1 rings (SSSR count). The van der Waals surface area contributed by atoms with E-state index in [1.54, 1.807) is 0 Å². The third-order valence-corrected chi connectivity index (χ3v) is 3.74. The van der Waals surface area contributed by atoms with Crippen molar-refractivity contribution in [1.82, 2.24) is 5.32 Å². The molecule has 1 aliphatic carbocycles. The summed E-state index contributed by atoms with van der Waals surface area (Å²) in [4.78, 5) is 11.9. The Morgan fingerprint density at radius 3 is 2.47 bits per heavy atom. The van der Waals surface area contributed by atoms with Crippen LogP contribution < -0.4 is 5.32 Å². The lowest BCUT2D eigenvalue weighted by Gasteiger charge is -2.32. The average molecular weight is 241 g/mol. The molecule has 0 heterocycles. The SMILES string of the molecule is COC(=O)C(C)(CCC(C)C)NC1CCCC1. The van der Waals surface area contributed by atoms with Crippen LogP contribution in [-0.4, -0.2) is 24.7 Å². The van der Waals surface area contributed by atoms with Crippen molar-refractivity contribution in [2.24, 2.45) is 5.92 Å². The minimum absolute atomic E-state index is 0.120. The van der Waals surface area contributed by atoms with Gasteiger partial charge in [0.1, 0.15) is 5.54 Å². The van der Waals surface area contributed by atoms with E-state index in [0.717, 1.165) is 12.8 Å². The van der Waals surface area contributed by atoms with Crippen LogP contribution in [0.1, 0.15) is 59.3 Å². The largest absolute Gasteiger partial charge is 0.468 e. The number of hydrogen-bond donors (Lipinski definition) is 1. The van der Waals surface area contributed by atoms with Gasteiger partial charge in [-0.3, -0.25) is 10.1 Å². The van der Waals surface area contributed by atoms with Crippen molar-refractivity contribution in [2.45, 2.75) is 70.9 Å². The minimum atomic E-state index is -0.506. The molecule has 1 fully saturated rings. The van der Waals surface area contributed by atoms with Crippen molar-refractivity contribution in [3.05, 3.63) is 0 Å². The highest BCUT2D eigenvalue weighted by Gasteiger charge is 2.36. The van der Waals surface area contributed by atoms with Gasteiger partial charge in [0.2, 0.25) is 0 Å². The summed E-state index contributed by atoms with van der Waals surface area (Å²) in [6.07, 6.45) is 6.83. The van der Waals surface area contributed by atoms with E-state index in [-0.39, 0.29) is 5.97 Å². The second kappa shape index (κ2) is 6.39. The molecule has 1 atom stereocenters. The molecule has 0 aliphatic heterocycles. The van der Waals surface area contributed by atoms with E-state index in [1.165, 1.54) is 32.8 Å². The summed E-state index contributed by atoms with van der Waals surface area (Å²) in [6, 6.07) is 0.492. The van der Waals surface area contributed by atoms with E-state index in [9.17, 15) is 4.79 Å². The summed E-state index contributed by atoms with van der Waals surface area (Å²) in [6.45, 7) is 6.36. The molecule has 0 aromatic rings. The maximum absolute atomic E-state index is 11.9. The summed E-state index contributed by atoms with van der Waals surface area (Å²) >= 11 is 0. The van der Waals surface area contributed by atoms with Gasteiger partial charge in [-0.2, -0.15) is 0 Å². The number of nitrogens with one attached hydrogen (secondary N) is 1. The number of ether oxygens (including phenoxy) is 1. The summed E-state index contributed by atoms with van der Waals surface area (Å²) < 4.78 is 4.96. The van der Waals surface area contributed by atoms with E-state index >= 15 is 0 Å². The van der Waals surface area contributed by atoms with Crippen molar-refractivity contribution in [2.75, 3.05) is 7.11 Å². The molecule has 0 aromatic heterocycles. The van der Waals surface area contributed by atoms with Gasteiger partial charge in [0, 0.05) is 6.04 Å². The molecule has 17 heavy (non-hydrogen) atoms. The molecular formula is C14H27NO2. The van der Waals surface area contributed by atoms with E-state index in [0.29, 0.717) is 12.0 Å². The lowest BCUT2D eigenvalue weighted by Crippen LogP contribution is -2.53. The first-order valence-electron chi connectivity index (χ1n) is 6.84. The predicted octanol–water partition coefficient (Wildman–Crippen LogP) is 2.89. The van der Waals surface area contributed by atoms with E-state index in [2.05, 4.69) is 19.2 Å². The molecule has 1 unspecified atom stereocenters. The fraction of sp³-hybridized carbons (Fsp3) is 0.929. The van der Waals surface area contributed by atoms with Gasteiger partial charge < -0.3 is 4.74 Å². The Balaban J connectivity index is 2.59. The van der Waals surface area contributed by atoms with Gasteiger partial charge in [0.25, 0.3) is 0 Å². The summed E-state index contributed by atoms with van der Waals surface area (Å²) in [5, 5.41) is 3.52. The fourth-order valence-corrected chi connectivity index (χ4v) is 2.56. The Labute approximate surface area is 105 Å². The average Bonchev–Trinajstić information content (AvgIpc) is 2.77. The molecule has 0 spiro atoms. The third-order valence-electron chi connectivity index (χ3n) is 3.74. The Kier molecular flexibility index (Phi) is 5.44. The molecule has 3 heteroatoms. The van der Waals surface area contributed by atoms with Crippen LogP contribution in [0.4, 0.5) is 0 Å². The molecule has 0 amide bonds. The number of hydrogen-bond acceptors (Lipinski definition) is 3. The van der Waals surface area contributed by atoms with Crippen LogP contribution in [0, 0.1) is 5.92 Å². The quantitative estimate of drug-likeness (QED) is 0.727. The van der Waals surface area contributed by atoms with Crippen molar-refractivity contribution in [3.8, 4) is 0 Å². The molecule has 1 aliphatic rings. The molecule has 0 radical (unpaired) electrons. The van der Waals surface area contributed by atoms with Crippen LogP contribution in [0.3, 0.4) is 0 Å². The molecular weight excluding hydrogens is 214 g/mol. The number of carbonyl (C=O) groups is 1. The van der Waals surface area contributed by atoms with E-state index in [1.807, 2.05) is 6.92 Å². The monoisotopic (exact) mass is 241 g/mol. The van der Waals surface area contributed by atoms with Gasteiger partial charge in [-0.25, -0.2) is 0 Å². The van der Waals surface area contributed by atoms with Crippen molar-refractivity contribution in [1.29, 1.82) is 0 Å². The topological polar surface area (TPSA) is 38.3 Å². The maximum Gasteiger partial charge on any atom is 0.325 e. The van der Waals surface area contributed by atoms with E-state index in [4.69, 9.17) is 4.74 Å². The Bertz CT molecular complexity index is 247. The van der Waals surface area contributed by atoms with Crippen molar-refractivity contribution >= 4 is 5.97 Å². The summed E-state index contributed by atoms with van der Waals surface area (Å²) in [7, 11) is 1.48. The maximum atomic E-state index is 11.9. The number of methoxy groups -OCH3 is 1. The van der Waals surface area contributed by atoms with Crippen LogP contribution in [-0.2, 0) is 9.53 Å². The van der Waals surface area contributed by atoms with Crippen LogP contribution in [0.15, 0.2) is 0 Å². The standard InChI is InChI=1S/C14H27NO2/c1-11(2)9-10-14(3,13(16)17-4)15-12-7-5-6-8-12/h11-12,15H,5-10H2,1-4H3. The molecule has 0 aromatic carbocycles. The number of carbonyl (C=O) groups excluding carboxylic acids is 1. The predicted molar refractivity (Wildman–Crippen MR) is 69.9 cm³/mol. The zero-order valence-corrected chi connectivity index (χ0v) is 11.7. The smallest absolute Gasteiger partial charge is 0.325 e. The van der Waals surface area contributed by atoms with Gasteiger partial charge in [-0.05, 0) is 38.5 Å². The first-order chi connectivity index (χ1) is 7.98. The van der Waals surface area contributed by atoms with Crippen LogP contribution in [0.25, 0.3) is 0 Å². The molecule has 0 saturated heterocycles. The Hall–Kier alpha value is -0.570. The second-order valence-corrected chi connectivity index (χ2v) is 5.88. The number of rotatable bonds is 6. The van der Waals surface area contributed by atoms with Crippen LogP contribution in [0.5, 0.6) is 0 Å². The highest BCUT2D eigenvalue weighted by molar-refractivity contribution is 5.80. The molecule has 3 nitrogen and oxygen atoms in total. The lowest BCUT2D eigenvalue weighted by atomic mass is 9.91. The zero-order chi connectivity index (χ0) is 12.9. The lowest BCUT2D eigenvalue weighted by molar-refractivity contribution is -0.148. The van der Waals surface area contributed by atoms with Gasteiger partial charge in [0.05, 0.1) is 7.11 Å². The third kappa shape index (κ3) is 4.30. The number of esters is 1. The highest BCUT2D eigenvalue weighted by Crippen LogP contribution is 2.24. The van der Waals surface area contributed by atoms with Gasteiger partial charge >= 0.3 is 5.97 Å². The first-order valence-corrected chi connectivity index (χ1v) is 6.84. The van der Waals surface area contributed by atoms with Gasteiger partial charge in [-0.1, -0.05) is 26.7 Å². The minimum Gasteiger partial charge on any atom is -0.468 e. The van der Waals surface area contributed by atoms with Crippen LogP contribution in [0.2, 0.25) is 0 Å². The fourth-order valence-electron chi connectivity index (χ4n) is 2.56. The van der Waals surface area contributed by atoms with Gasteiger partial charge in [0.15, 0.2) is 0 Å². The molecule has 100 valence electrons. The van der Waals surface area contributed by atoms with E-state index < -0.39 is 5.54 Å². The normalized spacial score (nSPS) is 20.5. The molecule has 1 N–H and O–H groups in total. The van der Waals surface area contributed by atoms with Crippen LogP contribution >= 0.6 is 0 Å². The Morgan fingerprint density at radius 1 is 1.41 bits per heavy atom. The van der Waals surface area contributed by atoms with Crippen molar-refractivity contribution < 1.29 is 9.53 Å². The summed E-state index contributed by atoms with van der Waals surface area (Å²) in [5.74, 6) is 0.495. The second-order valence-electron chi connectivity index (χ2n) is 5.88. The highest BCUT2D eigenvalue weighted by atomic mass is 16.5. The molecule has 0 bridgehead atoms.